The fourth-order valence-corrected chi connectivity index (χ4v) is 6.05. The second kappa shape index (κ2) is 44.8. The van der Waals surface area contributed by atoms with Crippen molar-refractivity contribution in [3.63, 3.8) is 0 Å². The van der Waals surface area contributed by atoms with Gasteiger partial charge in [0, 0.05) is 12.8 Å². The van der Waals surface area contributed by atoms with Crippen LogP contribution in [0, 0.1) is 0 Å². The van der Waals surface area contributed by atoms with Gasteiger partial charge in [-0.05, 0) is 89.9 Å². The first-order valence-corrected chi connectivity index (χ1v) is 24.4. The topological polar surface area (TPSA) is 111 Å². The number of ether oxygens (including phenoxy) is 4. The minimum absolute atomic E-state index is 0.136. The van der Waals surface area contributed by atoms with Crippen LogP contribution in [0.2, 0.25) is 0 Å². The quantitative estimate of drug-likeness (QED) is 0.0196. The van der Waals surface area contributed by atoms with Gasteiger partial charge in [0.05, 0.1) is 40.3 Å². The maximum absolute atomic E-state index is 12.8. The first kappa shape index (κ1) is 59.2. The summed E-state index contributed by atoms with van der Waals surface area (Å²) in [5, 5.41) is 11.7. The van der Waals surface area contributed by atoms with Gasteiger partial charge in [0.1, 0.15) is 13.2 Å². The Hall–Kier alpha value is -3.79. The lowest BCUT2D eigenvalue weighted by atomic mass is 10.1. The lowest BCUT2D eigenvalue weighted by molar-refractivity contribution is -0.870. The third-order valence-corrected chi connectivity index (χ3v) is 9.80. The molecule has 0 N–H and O–H groups in total. The van der Waals surface area contributed by atoms with Gasteiger partial charge >= 0.3 is 11.9 Å². The van der Waals surface area contributed by atoms with E-state index in [2.05, 4.69) is 111 Å². The van der Waals surface area contributed by atoms with E-state index >= 15 is 0 Å². The van der Waals surface area contributed by atoms with Gasteiger partial charge in [0.2, 0.25) is 0 Å². The number of allylic oxidation sites excluding steroid dienone is 16. The van der Waals surface area contributed by atoms with Crippen molar-refractivity contribution < 1.29 is 42.9 Å². The summed E-state index contributed by atoms with van der Waals surface area (Å²) in [5.41, 5.74) is 0. The summed E-state index contributed by atoms with van der Waals surface area (Å²) in [6.07, 6.45) is 55.8. The molecule has 0 saturated heterocycles. The van der Waals surface area contributed by atoms with E-state index in [0.717, 1.165) is 122 Å². The number of carboxylic acid groups (broad SMARTS) is 1. The largest absolute Gasteiger partial charge is 0.545 e. The van der Waals surface area contributed by atoms with Crippen molar-refractivity contribution in [1.82, 2.24) is 0 Å². The number of nitrogens with zero attached hydrogens (tertiary/aromatic N) is 1. The van der Waals surface area contributed by atoms with Crippen LogP contribution < -0.4 is 5.11 Å². The lowest BCUT2D eigenvalue weighted by Crippen LogP contribution is -2.44. The first-order valence-electron chi connectivity index (χ1n) is 24.4. The van der Waals surface area contributed by atoms with Gasteiger partial charge < -0.3 is 33.3 Å². The lowest BCUT2D eigenvalue weighted by Gasteiger charge is -2.26. The summed E-state index contributed by atoms with van der Waals surface area (Å²) >= 11 is 0. The van der Waals surface area contributed by atoms with Gasteiger partial charge in [0.25, 0.3) is 0 Å². The summed E-state index contributed by atoms with van der Waals surface area (Å²) < 4.78 is 22.5. The Labute approximate surface area is 384 Å². The molecule has 0 aliphatic heterocycles. The van der Waals surface area contributed by atoms with E-state index in [1.165, 1.54) is 6.42 Å². The number of carboxylic acids is 1. The highest BCUT2D eigenvalue weighted by Crippen LogP contribution is 2.13. The molecule has 0 bridgehead atoms. The van der Waals surface area contributed by atoms with Crippen LogP contribution in [-0.2, 0) is 33.3 Å². The second-order valence-corrected chi connectivity index (χ2v) is 17.0. The fraction of sp³-hybridized carbons (Fsp3) is 0.648. The molecular weight excluding hydrogens is 791 g/mol. The maximum atomic E-state index is 12.8. The van der Waals surface area contributed by atoms with Crippen molar-refractivity contribution in [2.75, 3.05) is 47.5 Å². The average Bonchev–Trinajstić information content (AvgIpc) is 3.24. The van der Waals surface area contributed by atoms with Gasteiger partial charge in [0.15, 0.2) is 12.4 Å². The first-order chi connectivity index (χ1) is 30.6. The zero-order chi connectivity index (χ0) is 46.3. The highest BCUT2D eigenvalue weighted by Gasteiger charge is 2.21. The summed E-state index contributed by atoms with van der Waals surface area (Å²) in [6, 6.07) is 0. The predicted octanol–water partition coefficient (Wildman–Crippen LogP) is 12.1. The van der Waals surface area contributed by atoms with E-state index in [1.807, 2.05) is 21.1 Å². The summed E-state index contributed by atoms with van der Waals surface area (Å²) in [4.78, 5) is 37.1. The molecule has 2 atom stereocenters. The molecule has 0 saturated carbocycles. The Kier molecular flexibility index (Phi) is 42.1. The number of quaternary nitrogens is 1. The molecule has 0 aliphatic rings. The molecule has 0 fully saturated rings. The highest BCUT2D eigenvalue weighted by atomic mass is 16.7. The normalized spacial score (nSPS) is 13.7. The summed E-state index contributed by atoms with van der Waals surface area (Å²) in [5.74, 6) is -2.34. The van der Waals surface area contributed by atoms with Crippen LogP contribution in [-0.4, -0.2) is 82.3 Å². The van der Waals surface area contributed by atoms with E-state index in [-0.39, 0.29) is 38.6 Å². The molecule has 0 radical (unpaired) electrons. The van der Waals surface area contributed by atoms with Gasteiger partial charge in [-0.25, -0.2) is 0 Å². The predicted molar refractivity (Wildman–Crippen MR) is 260 cm³/mol. The SMILES string of the molecule is CC/C=C\C/C=C\C/C=C\C/C=C\C/C=C\C/C=C\CCCCCCCCC(=O)OC(COC(=O)CCCCCCC/C=C\C/C=C\CCC)COC(OCC[N+](C)(C)C)C(=O)[O-]. The van der Waals surface area contributed by atoms with Crippen molar-refractivity contribution >= 4 is 17.9 Å². The number of unbranched alkanes of at least 4 members (excludes halogenated alkanes) is 12. The molecule has 9 heteroatoms. The Morgan fingerprint density at radius 3 is 1.35 bits per heavy atom. The number of likely N-dealkylation sites (N-methyl/N-ethyl adjacent to an activating group) is 1. The molecule has 63 heavy (non-hydrogen) atoms. The molecule has 0 heterocycles. The molecule has 0 spiro atoms. The molecule has 0 aromatic carbocycles. The van der Waals surface area contributed by atoms with Crippen LogP contribution in [0.25, 0.3) is 0 Å². The van der Waals surface area contributed by atoms with Crippen LogP contribution in [0.1, 0.15) is 168 Å². The number of rotatable bonds is 43. The average molecular weight is 880 g/mol. The number of carbonyl (C=O) groups is 3. The molecule has 0 aliphatic carbocycles. The molecule has 0 aromatic heterocycles. The molecule has 358 valence electrons. The number of esters is 2. The molecule has 2 unspecified atom stereocenters. The molecule has 9 nitrogen and oxygen atoms in total. The Balaban J connectivity index is 4.41. The number of hydrogen-bond acceptors (Lipinski definition) is 8. The van der Waals surface area contributed by atoms with Gasteiger partial charge in [-0.3, -0.25) is 9.59 Å². The maximum Gasteiger partial charge on any atom is 0.306 e. The molecule has 0 rings (SSSR count). The van der Waals surface area contributed by atoms with Crippen molar-refractivity contribution in [3.05, 3.63) is 97.2 Å². The van der Waals surface area contributed by atoms with Gasteiger partial charge in [-0.2, -0.15) is 0 Å². The van der Waals surface area contributed by atoms with E-state index in [0.29, 0.717) is 23.9 Å². The van der Waals surface area contributed by atoms with E-state index in [4.69, 9.17) is 18.9 Å². The third-order valence-electron chi connectivity index (χ3n) is 9.80. The van der Waals surface area contributed by atoms with Crippen molar-refractivity contribution in [2.45, 2.75) is 180 Å². The smallest absolute Gasteiger partial charge is 0.306 e. The van der Waals surface area contributed by atoms with Gasteiger partial charge in [-0.1, -0.05) is 162 Å². The van der Waals surface area contributed by atoms with Crippen LogP contribution in [0.5, 0.6) is 0 Å². The Bertz CT molecular complexity index is 1350. The Morgan fingerprint density at radius 1 is 0.492 bits per heavy atom. The standard InChI is InChI=1S/C54H89NO8/c1-6-8-10-12-14-16-18-20-21-22-23-24-25-26-27-28-29-30-31-33-35-37-39-41-43-45-52(57)63-50(49-62-54(53(58)59)60-47-46-55(3,4)5)48-61-51(56)44-42-40-38-36-34-32-19-17-15-13-11-9-7-2/h8,10-11,13-14,16-17,19-21,23-24,26-27,29-30,50,54H,6-7,9,12,15,18,22,25,28,31-49H2,1-5H3/b10-8-,13-11-,16-14-,19-17-,21-20-,24-23-,27-26-,30-29-. The highest BCUT2D eigenvalue weighted by molar-refractivity contribution is 5.70. The molecule has 0 amide bonds. The molecule has 0 aromatic rings. The van der Waals surface area contributed by atoms with Crippen LogP contribution in [0.15, 0.2) is 97.2 Å². The van der Waals surface area contributed by atoms with E-state index < -0.39 is 24.3 Å². The van der Waals surface area contributed by atoms with Crippen LogP contribution >= 0.6 is 0 Å². The fourth-order valence-electron chi connectivity index (χ4n) is 6.05. The van der Waals surface area contributed by atoms with Crippen LogP contribution in [0.4, 0.5) is 0 Å². The number of aliphatic carboxylic acids is 1. The van der Waals surface area contributed by atoms with Gasteiger partial charge in [-0.15, -0.1) is 0 Å². The number of hydrogen-bond donors (Lipinski definition) is 0. The minimum Gasteiger partial charge on any atom is -0.545 e. The zero-order valence-corrected chi connectivity index (χ0v) is 40.4. The molecular formula is C54H89NO8. The monoisotopic (exact) mass is 880 g/mol. The summed E-state index contributed by atoms with van der Waals surface area (Å²) in [7, 11) is 5.89. The van der Waals surface area contributed by atoms with Crippen LogP contribution in [0.3, 0.4) is 0 Å². The second-order valence-electron chi connectivity index (χ2n) is 17.0. The zero-order valence-electron chi connectivity index (χ0n) is 40.4. The van der Waals surface area contributed by atoms with E-state index in [9.17, 15) is 19.5 Å². The summed E-state index contributed by atoms with van der Waals surface area (Å²) in [6.45, 7) is 4.50. The van der Waals surface area contributed by atoms with E-state index in [1.54, 1.807) is 0 Å². The third kappa shape index (κ3) is 46.0. The minimum atomic E-state index is -1.63. The van der Waals surface area contributed by atoms with Crippen molar-refractivity contribution in [3.8, 4) is 0 Å². The van der Waals surface area contributed by atoms with Crippen molar-refractivity contribution in [2.24, 2.45) is 0 Å². The number of carbonyl (C=O) groups excluding carboxylic acids is 3. The van der Waals surface area contributed by atoms with Crippen molar-refractivity contribution in [1.29, 1.82) is 0 Å². The Morgan fingerprint density at radius 2 is 0.905 bits per heavy atom.